The third kappa shape index (κ3) is 15.6. The molecule has 4 aliphatic carbocycles. The van der Waals surface area contributed by atoms with E-state index < -0.39 is 72.8 Å². The lowest BCUT2D eigenvalue weighted by Crippen LogP contribution is -2.39. The van der Waals surface area contributed by atoms with Crippen LogP contribution in [0.5, 0.6) is 0 Å². The normalized spacial score (nSPS) is 17.8. The molecule has 0 spiro atoms. The molecule has 0 unspecified atom stereocenters. The Kier molecular flexibility index (Phi) is 21.4. The van der Waals surface area contributed by atoms with Crippen molar-refractivity contribution in [3.05, 3.63) is 200 Å². The lowest BCUT2D eigenvalue weighted by atomic mass is 9.75. The lowest BCUT2D eigenvalue weighted by molar-refractivity contribution is -0.432. The number of hydrogen-bond acceptors (Lipinski definition) is 36. The lowest BCUT2D eigenvalue weighted by Gasteiger charge is -2.34. The van der Waals surface area contributed by atoms with Gasteiger partial charge in [0.1, 0.15) is 19.6 Å². The second kappa shape index (κ2) is 32.3. The monoisotopic (exact) mass is 1810 g/mol. The number of nitrogens with two attached hydrogens (primary N) is 2. The number of aromatic nitrogens is 8. The smallest absolute Gasteiger partial charge is 0.296 e. The second-order valence-corrected chi connectivity index (χ2v) is 37.6. The number of sulfonamides is 2. The number of anilines is 12. The summed E-state index contributed by atoms with van der Waals surface area (Å²) < 4.78 is 147. The average molecular weight is 1810 g/mol. The van der Waals surface area contributed by atoms with Crippen LogP contribution in [0.25, 0.3) is 44.1 Å². The Morgan fingerprint density at radius 3 is 1.23 bits per heavy atom. The highest BCUT2D eigenvalue weighted by Gasteiger charge is 2.41. The maximum atomic E-state index is 15.0. The third-order valence-corrected chi connectivity index (χ3v) is 28.4. The van der Waals surface area contributed by atoms with E-state index in [-0.39, 0.29) is 196 Å². The molecule has 0 bridgehead atoms. The summed E-state index contributed by atoms with van der Waals surface area (Å²) in [5.74, 6) is -1.74. The zero-order chi connectivity index (χ0) is 87.4. The van der Waals surface area contributed by atoms with Crippen molar-refractivity contribution < 1.29 is 81.6 Å². The molecule has 18 rings (SSSR count). The van der Waals surface area contributed by atoms with E-state index in [4.69, 9.17) is 20.1 Å². The average Bonchev–Trinajstić information content (AvgIpc) is 0.706. The first-order chi connectivity index (χ1) is 59.9. The van der Waals surface area contributed by atoms with Gasteiger partial charge in [0.25, 0.3) is 51.4 Å². The van der Waals surface area contributed by atoms with Crippen LogP contribution in [0.3, 0.4) is 0 Å². The molecule has 16 N–H and O–H groups in total. The van der Waals surface area contributed by atoms with Crippen LogP contribution >= 0.6 is 24.1 Å². The summed E-state index contributed by atoms with van der Waals surface area (Å²) >= 11 is 0.637. The van der Waals surface area contributed by atoms with Gasteiger partial charge < -0.3 is 52.5 Å². The van der Waals surface area contributed by atoms with E-state index in [2.05, 4.69) is 91.3 Å². The molecule has 12 aromatic rings. The number of aliphatic imine (C=N–C) groups is 2. The van der Waals surface area contributed by atoms with E-state index in [1.54, 1.807) is 60.7 Å². The molecular formula is C79H68N20O20S6. The van der Waals surface area contributed by atoms with E-state index in [0.717, 1.165) is 57.1 Å². The Morgan fingerprint density at radius 2 is 0.816 bits per heavy atom. The van der Waals surface area contributed by atoms with Crippen molar-refractivity contribution in [2.75, 3.05) is 43.4 Å². The molecule has 6 heterocycles. The van der Waals surface area contributed by atoms with Crippen LogP contribution in [0.2, 0.25) is 0 Å². The van der Waals surface area contributed by atoms with E-state index in [1.165, 1.54) is 96.0 Å². The number of amidine groups is 2. The number of para-hydroxylation sites is 2. The Labute approximate surface area is 716 Å². The first-order valence-electron chi connectivity index (χ1n) is 38.2. The van der Waals surface area contributed by atoms with Crippen LogP contribution in [-0.2, 0) is 73.1 Å². The maximum Gasteiger partial charge on any atom is 0.296 e. The number of hydrogen-bond donors (Lipinski definition) is 14. The number of rotatable bonds is 24. The molecule has 0 radical (unpaired) electrons. The number of nitrogen functional groups attached to an aromatic ring is 2. The molecule has 0 amide bonds. The van der Waals surface area contributed by atoms with Crippen molar-refractivity contribution in [1.29, 1.82) is 0 Å². The number of fused-ring (bicyclic) bond motifs is 6. The zero-order valence-corrected chi connectivity index (χ0v) is 69.8. The summed E-state index contributed by atoms with van der Waals surface area (Å²) in [6.07, 6.45) is 7.21. The van der Waals surface area contributed by atoms with Crippen LogP contribution in [0, 0.1) is 11.8 Å². The Hall–Kier alpha value is -12.9. The van der Waals surface area contributed by atoms with Gasteiger partial charge in [0.05, 0.1) is 113 Å². The van der Waals surface area contributed by atoms with Crippen molar-refractivity contribution in [3.8, 4) is 22.3 Å². The molecule has 2 aliphatic heterocycles. The van der Waals surface area contributed by atoms with Gasteiger partial charge in [-0.1, -0.05) is 82.9 Å². The van der Waals surface area contributed by atoms with Gasteiger partial charge in [-0.15, -0.1) is 8.67 Å². The van der Waals surface area contributed by atoms with Crippen molar-refractivity contribution in [3.63, 3.8) is 0 Å². The predicted molar refractivity (Wildman–Crippen MR) is 461 cm³/mol. The summed E-state index contributed by atoms with van der Waals surface area (Å²) in [6, 6.07) is 35.0. The summed E-state index contributed by atoms with van der Waals surface area (Å²) in [6.45, 7) is 0. The molecule has 640 valence electrons. The molecule has 40 nitrogen and oxygen atoms in total. The highest BCUT2D eigenvalue weighted by atomic mass is 32.2. The van der Waals surface area contributed by atoms with Crippen molar-refractivity contribution >= 4 is 191 Å². The number of pyridine rings is 2. The third-order valence-electron chi connectivity index (χ3n) is 22.6. The Balaban J connectivity index is 0.549. The maximum absolute atomic E-state index is 15.0. The number of benzene rings is 8. The van der Waals surface area contributed by atoms with Gasteiger partial charge >= 0.3 is 0 Å². The van der Waals surface area contributed by atoms with Crippen LogP contribution in [0.1, 0.15) is 101 Å². The first kappa shape index (κ1) is 83.0. The summed E-state index contributed by atoms with van der Waals surface area (Å²) in [5, 5.41) is 45.6. The fourth-order valence-electron chi connectivity index (χ4n) is 17.1. The van der Waals surface area contributed by atoms with E-state index in [1.807, 2.05) is 0 Å². The van der Waals surface area contributed by atoms with Crippen LogP contribution in [0.15, 0.2) is 195 Å². The standard InChI is InChI=1S/C79H68N20O20S6/c1-98-52-29-27-46(62-64(52)60(40-11-3-5-13-42(40)68(62)100)66(72(98)102)70-86-44-15-7-9-17-56(44)122(106,107)96-70)84-48-32-51(59(125(113,114)115)34-54(48)120-118-116-104)89-79-93-75(81)91-77(95-79)83-39-25-21-37(22-26-39)31-36-19-23-38(24-20-36)82-76-90-74(80)92-78(94-76)88-49-33-50(58(124(110,111)112)35-55(49)121-119-117-105)85-47-28-30-53-65-61(41-12-4-6-14-43(41)69(101)63(47)65)67(73(103)99(53)2)71-87-45-16-8-10-18-57(45)123(108,109)97-71/h3-18,27-30,32-39,84-85,104-105H,19-26,31H2,1-2H3,(H,86,96)(H,87,97)(H,110,111,112)(H,113,114,115)(H4,80,82,88,90,92,94)(H4,81,83,89,91,93,95). The number of aryl methyl sites for hydroxylation is 2. The molecule has 46 heteroatoms. The fourth-order valence-corrected chi connectivity index (χ4v) is 21.8. The molecule has 125 heavy (non-hydrogen) atoms. The van der Waals surface area contributed by atoms with Gasteiger partial charge in [-0.25, -0.2) is 37.3 Å². The highest BCUT2D eigenvalue weighted by molar-refractivity contribution is 7.95. The molecule has 6 aliphatic rings. The van der Waals surface area contributed by atoms with Gasteiger partial charge in [-0.2, -0.15) is 46.7 Å². The number of nitrogens with zero attached hydrogens (tertiary/aromatic N) is 10. The summed E-state index contributed by atoms with van der Waals surface area (Å²) in [7, 11) is -16.0. The van der Waals surface area contributed by atoms with E-state index in [0.29, 0.717) is 54.3 Å². The fraction of sp³-hybridized carbons (Fsp3) is 0.190. The molecule has 0 saturated heterocycles. The van der Waals surface area contributed by atoms with E-state index in [9.17, 15) is 62.9 Å². The molecule has 8 aromatic carbocycles. The highest BCUT2D eigenvalue weighted by Crippen LogP contribution is 2.50. The molecule has 0 atom stereocenters. The quantitative estimate of drug-likeness (QED) is 0.0116. The number of ketones is 2. The van der Waals surface area contributed by atoms with E-state index >= 15 is 9.59 Å². The summed E-state index contributed by atoms with van der Waals surface area (Å²) in [4.78, 5) is 92.9. The molecule has 2 saturated carbocycles. The van der Waals surface area contributed by atoms with Gasteiger partial charge in [0.2, 0.25) is 35.7 Å². The molecule has 4 aromatic heterocycles. The van der Waals surface area contributed by atoms with Crippen molar-refractivity contribution in [2.45, 2.75) is 99.2 Å². The van der Waals surface area contributed by atoms with Gasteiger partial charge in [-0.3, -0.25) is 37.7 Å². The van der Waals surface area contributed by atoms with Crippen LogP contribution in [-0.4, -0.2) is 128 Å². The summed E-state index contributed by atoms with van der Waals surface area (Å²) in [5.41, 5.74) is 12.0. The van der Waals surface area contributed by atoms with Crippen molar-refractivity contribution in [1.82, 2.24) is 48.5 Å². The number of carbonyl (C=O) groups excluding carboxylic acids is 2. The van der Waals surface area contributed by atoms with Gasteiger partial charge in [-0.05, 0) is 154 Å². The largest absolute Gasteiger partial charge is 0.368 e. The van der Waals surface area contributed by atoms with Crippen molar-refractivity contribution in [2.24, 2.45) is 35.9 Å². The minimum Gasteiger partial charge on any atom is -0.368 e. The molecular weight excluding hydrogens is 1740 g/mol. The van der Waals surface area contributed by atoms with Crippen LogP contribution in [0.4, 0.5) is 81.2 Å². The number of nitrogens with one attached hydrogen (secondary N) is 8. The van der Waals surface area contributed by atoms with Gasteiger partial charge in [0.15, 0.2) is 23.2 Å². The van der Waals surface area contributed by atoms with Gasteiger partial charge in [0, 0.05) is 59.2 Å². The zero-order valence-electron chi connectivity index (χ0n) is 64.9. The second-order valence-electron chi connectivity index (χ2n) is 30.0. The topological polar surface area (TPSA) is 583 Å². The van der Waals surface area contributed by atoms with Crippen LogP contribution < -0.4 is 63.9 Å². The Morgan fingerprint density at radius 1 is 0.448 bits per heavy atom. The number of carbonyl (C=O) groups is 2. The minimum absolute atomic E-state index is 0.000471. The Bertz CT molecular complexity index is 7330. The SMILES string of the molecule is Cn1c(=O)c(C2=Nc3ccccc3S(=O)(=O)N2)c2c3c(c(Nc4cc(Nc5nc(N)nc(NC6CCC(CC7CCC(Nc8nc(N)nc(Nc9cc(Nc%10ccc%11c%12c%10C(=O)c%10ccccc%10-c%12c(C%10=Nc%12ccccc%12S(=O)(=O)N%10)c(=O)n%11C)c(S(=O)(=O)O)cc9SOOO)n8)CC7)CC6)n5)c(S(=O)(=O)O)cc4SOOO)ccc31)C(=O)c1ccccc1-2. The first-order valence-corrected chi connectivity index (χ1v) is 45.6. The predicted octanol–water partition coefficient (Wildman–Crippen LogP) is 11.4. The molecule has 2 fully saturated rings. The minimum atomic E-state index is -5.18.